The van der Waals surface area contributed by atoms with Crippen molar-refractivity contribution in [2.24, 2.45) is 7.05 Å². The third-order valence-electron chi connectivity index (χ3n) is 3.47. The molecule has 0 radical (unpaired) electrons. The summed E-state index contributed by atoms with van der Waals surface area (Å²) in [5, 5.41) is 17.5. The van der Waals surface area contributed by atoms with Crippen molar-refractivity contribution in [1.29, 1.82) is 0 Å². The minimum atomic E-state index is -0.924. The first-order valence-electron chi connectivity index (χ1n) is 7.74. The molecule has 0 unspecified atom stereocenters. The molecular formula is C15H28N4O2. The average Bonchev–Trinajstić information content (AvgIpc) is 2.71. The predicted octanol–water partition coefficient (Wildman–Crippen LogP) is 2.60. The van der Waals surface area contributed by atoms with Gasteiger partial charge in [0.2, 0.25) is 11.9 Å². The standard InChI is InChI=1S/C15H28N4O2/c1-6-8-15(21,9-7-2)10-12(20)16-14-17-13(11(3)4)18-19(14)5/h11,21H,6-10H2,1-5H3,(H,16,17,18,20). The number of hydrogen-bond donors (Lipinski definition) is 2. The van der Waals surface area contributed by atoms with Gasteiger partial charge in [0.25, 0.3) is 0 Å². The maximum atomic E-state index is 12.2. The molecule has 6 heteroatoms. The summed E-state index contributed by atoms with van der Waals surface area (Å²) in [4.78, 5) is 16.5. The van der Waals surface area contributed by atoms with Gasteiger partial charge in [0, 0.05) is 13.0 Å². The molecular weight excluding hydrogens is 268 g/mol. The molecule has 0 saturated heterocycles. The summed E-state index contributed by atoms with van der Waals surface area (Å²) in [5.41, 5.74) is -0.924. The summed E-state index contributed by atoms with van der Waals surface area (Å²) >= 11 is 0. The summed E-state index contributed by atoms with van der Waals surface area (Å²) in [6, 6.07) is 0. The molecule has 0 saturated carbocycles. The van der Waals surface area contributed by atoms with Gasteiger partial charge < -0.3 is 5.11 Å². The van der Waals surface area contributed by atoms with Crippen LogP contribution in [-0.2, 0) is 11.8 Å². The zero-order chi connectivity index (χ0) is 16.0. The van der Waals surface area contributed by atoms with E-state index in [0.29, 0.717) is 24.6 Å². The van der Waals surface area contributed by atoms with Gasteiger partial charge in [-0.1, -0.05) is 40.5 Å². The van der Waals surface area contributed by atoms with E-state index in [1.54, 1.807) is 11.7 Å². The molecule has 1 heterocycles. The molecule has 0 atom stereocenters. The summed E-state index contributed by atoms with van der Waals surface area (Å²) in [6.07, 6.45) is 3.06. The van der Waals surface area contributed by atoms with Gasteiger partial charge in [-0.25, -0.2) is 4.68 Å². The van der Waals surface area contributed by atoms with Crippen LogP contribution in [0.15, 0.2) is 0 Å². The van der Waals surface area contributed by atoms with Crippen LogP contribution < -0.4 is 5.32 Å². The van der Waals surface area contributed by atoms with Gasteiger partial charge in [0.15, 0.2) is 5.82 Å². The zero-order valence-corrected chi connectivity index (χ0v) is 13.8. The quantitative estimate of drug-likeness (QED) is 0.772. The lowest BCUT2D eigenvalue weighted by Crippen LogP contribution is -2.34. The number of aryl methyl sites for hydroxylation is 1. The number of nitrogens with one attached hydrogen (secondary N) is 1. The van der Waals surface area contributed by atoms with Gasteiger partial charge in [-0.05, 0) is 12.8 Å². The molecule has 0 aromatic carbocycles. The number of carbonyl (C=O) groups excluding carboxylic acids is 1. The van der Waals surface area contributed by atoms with Gasteiger partial charge >= 0.3 is 0 Å². The monoisotopic (exact) mass is 296 g/mol. The van der Waals surface area contributed by atoms with Crippen molar-refractivity contribution in [3.63, 3.8) is 0 Å². The fourth-order valence-electron chi connectivity index (χ4n) is 2.46. The van der Waals surface area contributed by atoms with Crippen LogP contribution in [0.5, 0.6) is 0 Å². The van der Waals surface area contributed by atoms with E-state index in [4.69, 9.17) is 0 Å². The van der Waals surface area contributed by atoms with Crippen LogP contribution in [0.25, 0.3) is 0 Å². The van der Waals surface area contributed by atoms with E-state index in [-0.39, 0.29) is 18.2 Å². The lowest BCUT2D eigenvalue weighted by Gasteiger charge is -2.26. The van der Waals surface area contributed by atoms with E-state index >= 15 is 0 Å². The SMILES string of the molecule is CCCC(O)(CCC)CC(=O)Nc1nc(C(C)C)nn1C. The predicted molar refractivity (Wildman–Crippen MR) is 83.1 cm³/mol. The third kappa shape index (κ3) is 5.12. The highest BCUT2D eigenvalue weighted by molar-refractivity contribution is 5.89. The number of aliphatic hydroxyl groups is 1. The Bertz CT molecular complexity index is 462. The topological polar surface area (TPSA) is 80.0 Å². The molecule has 21 heavy (non-hydrogen) atoms. The van der Waals surface area contributed by atoms with Gasteiger partial charge in [0.1, 0.15) is 0 Å². The Labute approximate surface area is 127 Å². The van der Waals surface area contributed by atoms with E-state index < -0.39 is 5.60 Å². The number of rotatable bonds is 8. The molecule has 0 bridgehead atoms. The van der Waals surface area contributed by atoms with Crippen molar-refractivity contribution < 1.29 is 9.90 Å². The van der Waals surface area contributed by atoms with Crippen LogP contribution >= 0.6 is 0 Å². The molecule has 1 aromatic rings. The zero-order valence-electron chi connectivity index (χ0n) is 13.8. The minimum absolute atomic E-state index is 0.0958. The minimum Gasteiger partial charge on any atom is -0.389 e. The lowest BCUT2D eigenvalue weighted by molar-refractivity contribution is -0.121. The lowest BCUT2D eigenvalue weighted by atomic mass is 9.89. The second kappa shape index (κ2) is 7.54. The van der Waals surface area contributed by atoms with Crippen LogP contribution in [-0.4, -0.2) is 31.4 Å². The van der Waals surface area contributed by atoms with Gasteiger partial charge in [-0.15, -0.1) is 0 Å². The van der Waals surface area contributed by atoms with Crippen LogP contribution in [0.3, 0.4) is 0 Å². The first kappa shape index (κ1) is 17.6. The molecule has 1 amide bonds. The van der Waals surface area contributed by atoms with Crippen LogP contribution in [0, 0.1) is 0 Å². The second-order valence-corrected chi connectivity index (χ2v) is 6.02. The summed E-state index contributed by atoms with van der Waals surface area (Å²) < 4.78 is 1.56. The van der Waals surface area contributed by atoms with Gasteiger partial charge in [-0.3, -0.25) is 10.1 Å². The van der Waals surface area contributed by atoms with E-state index in [1.807, 2.05) is 27.7 Å². The summed E-state index contributed by atoms with van der Waals surface area (Å²) in [7, 11) is 1.75. The Morgan fingerprint density at radius 2 is 1.90 bits per heavy atom. The first-order chi connectivity index (χ1) is 9.81. The van der Waals surface area contributed by atoms with Crippen molar-refractivity contribution >= 4 is 11.9 Å². The number of nitrogens with zero attached hydrogens (tertiary/aromatic N) is 3. The summed E-state index contributed by atoms with van der Waals surface area (Å²) in [5.74, 6) is 1.12. The van der Waals surface area contributed by atoms with Crippen LogP contribution in [0.2, 0.25) is 0 Å². The van der Waals surface area contributed by atoms with E-state index in [1.165, 1.54) is 0 Å². The Balaban J connectivity index is 2.72. The van der Waals surface area contributed by atoms with Crippen molar-refractivity contribution in [2.75, 3.05) is 5.32 Å². The molecule has 1 aromatic heterocycles. The Hall–Kier alpha value is -1.43. The molecule has 120 valence electrons. The van der Waals surface area contributed by atoms with Crippen LogP contribution in [0.4, 0.5) is 5.95 Å². The maximum Gasteiger partial charge on any atom is 0.229 e. The molecule has 1 rings (SSSR count). The maximum absolute atomic E-state index is 12.2. The number of hydrogen-bond acceptors (Lipinski definition) is 4. The molecule has 6 nitrogen and oxygen atoms in total. The largest absolute Gasteiger partial charge is 0.389 e. The number of amides is 1. The highest BCUT2D eigenvalue weighted by Crippen LogP contribution is 2.24. The van der Waals surface area contributed by atoms with Crippen molar-refractivity contribution in [1.82, 2.24) is 14.8 Å². The number of aromatic nitrogens is 3. The second-order valence-electron chi connectivity index (χ2n) is 6.02. The normalized spacial score (nSPS) is 12.0. The molecule has 0 spiro atoms. The molecule has 2 N–H and O–H groups in total. The molecule has 0 aliphatic carbocycles. The first-order valence-corrected chi connectivity index (χ1v) is 7.74. The number of anilines is 1. The summed E-state index contributed by atoms with van der Waals surface area (Å²) in [6.45, 7) is 8.02. The van der Waals surface area contributed by atoms with Gasteiger partial charge in [0.05, 0.1) is 12.0 Å². The van der Waals surface area contributed by atoms with Gasteiger partial charge in [-0.2, -0.15) is 10.1 Å². The fraction of sp³-hybridized carbons (Fsp3) is 0.800. The van der Waals surface area contributed by atoms with Crippen molar-refractivity contribution in [3.05, 3.63) is 5.82 Å². The highest BCUT2D eigenvalue weighted by atomic mass is 16.3. The Morgan fingerprint density at radius 3 is 2.33 bits per heavy atom. The smallest absolute Gasteiger partial charge is 0.229 e. The van der Waals surface area contributed by atoms with Crippen molar-refractivity contribution in [2.45, 2.75) is 71.3 Å². The van der Waals surface area contributed by atoms with Crippen molar-refractivity contribution in [3.8, 4) is 0 Å². The third-order valence-corrected chi connectivity index (χ3v) is 3.47. The Morgan fingerprint density at radius 1 is 1.33 bits per heavy atom. The molecule has 0 aliphatic heterocycles. The Kier molecular flexibility index (Phi) is 6.33. The van der Waals surface area contributed by atoms with Crippen LogP contribution in [0.1, 0.15) is 71.5 Å². The van der Waals surface area contributed by atoms with E-state index in [2.05, 4.69) is 15.4 Å². The van der Waals surface area contributed by atoms with E-state index in [0.717, 1.165) is 12.8 Å². The highest BCUT2D eigenvalue weighted by Gasteiger charge is 2.28. The number of carbonyl (C=O) groups is 1. The molecule has 0 fully saturated rings. The molecule has 0 aliphatic rings. The van der Waals surface area contributed by atoms with E-state index in [9.17, 15) is 9.90 Å². The average molecular weight is 296 g/mol. The fourth-order valence-corrected chi connectivity index (χ4v) is 2.46.